The number of hydrogen-bond donors (Lipinski definition) is 28. The predicted octanol–water partition coefficient (Wildman–Crippen LogP) is -18.9. The zero-order chi connectivity index (χ0) is 84.1. The molecule has 0 saturated carbocycles. The van der Waals surface area contributed by atoms with E-state index in [0.29, 0.717) is 0 Å². The van der Waals surface area contributed by atoms with Crippen LogP contribution in [0.5, 0.6) is 0 Å². The number of carbonyl (C=O) groups excluding carboxylic acids is 5. The van der Waals surface area contributed by atoms with E-state index in [-0.39, 0.29) is 0 Å². The molecule has 45 atom stereocenters. The van der Waals surface area contributed by atoms with Crippen molar-refractivity contribution in [1.29, 1.82) is 0 Å². The first kappa shape index (κ1) is 93.6. The van der Waals surface area contributed by atoms with E-state index >= 15 is 0 Å². The van der Waals surface area contributed by atoms with E-state index in [2.05, 4.69) is 26.6 Å². The van der Waals surface area contributed by atoms with Gasteiger partial charge in [0.05, 0.1) is 59.0 Å². The summed E-state index contributed by atoms with van der Waals surface area (Å²) in [5.41, 5.74) is 0. The fraction of sp³-hybridized carbons (Fsp3) is 0.922. The van der Waals surface area contributed by atoms with Gasteiger partial charge in [-0.25, -0.2) is 0 Å². The second kappa shape index (κ2) is 40.9. The van der Waals surface area contributed by atoms with Gasteiger partial charge in [0.25, 0.3) is 0 Å². The van der Waals surface area contributed by atoms with Crippen LogP contribution in [0, 0.1) is 0 Å². The molecule has 0 aromatic heterocycles. The third-order valence-electron chi connectivity index (χ3n) is 20.7. The van der Waals surface area contributed by atoms with Crippen molar-refractivity contribution in [3.05, 3.63) is 0 Å². The maximum Gasteiger partial charge on any atom is 0.217 e. The molecule has 9 aliphatic heterocycles. The quantitative estimate of drug-likeness (QED) is 0.0331. The molecule has 0 aliphatic carbocycles. The molecule has 9 fully saturated rings. The van der Waals surface area contributed by atoms with Crippen LogP contribution in [0.3, 0.4) is 0 Å². The zero-order valence-corrected chi connectivity index (χ0v) is 61.9. The topological polar surface area (TPSA) is 768 Å². The summed E-state index contributed by atoms with van der Waals surface area (Å²) in [4.78, 5) is 63.5. The van der Waals surface area contributed by atoms with Crippen molar-refractivity contribution in [1.82, 2.24) is 26.6 Å². The molecule has 9 rings (SSSR count). The number of nitrogens with one attached hydrogen (secondary N) is 5. The van der Waals surface area contributed by atoms with Crippen LogP contribution in [0.25, 0.3) is 0 Å². The van der Waals surface area contributed by atoms with Crippen LogP contribution in [0.1, 0.15) is 41.5 Å². The first-order chi connectivity index (χ1) is 53.8. The largest absolute Gasteiger partial charge is 0.394 e. The van der Waals surface area contributed by atoms with Gasteiger partial charge >= 0.3 is 0 Å². The Bertz CT molecular complexity index is 3080. The molecule has 28 N–H and O–H groups in total. The smallest absolute Gasteiger partial charge is 0.217 e. The Hall–Kier alpha value is -4.25. The van der Waals surface area contributed by atoms with Crippen molar-refractivity contribution in [3.8, 4) is 0 Å². The highest BCUT2D eigenvalue weighted by Gasteiger charge is 2.61. The van der Waals surface area contributed by atoms with Gasteiger partial charge in [0.15, 0.2) is 56.6 Å². The summed E-state index contributed by atoms with van der Waals surface area (Å²) in [6.45, 7) is -2.56. The van der Waals surface area contributed by atoms with Gasteiger partial charge in [-0.05, 0) is 6.92 Å². The van der Waals surface area contributed by atoms with Crippen LogP contribution >= 0.6 is 0 Å². The van der Waals surface area contributed by atoms with E-state index in [4.69, 9.17) is 80.5 Å². The SMILES string of the molecule is CC(=O)N[C@@H]1[C@@H](O)[C@H](O[C@@H]2O[C@H](CO)[C@@H](O[C@@H]3O[C@H](CO[C@H]4O[C@H](CO)[C@@H](O)[C@H](O)[C@@H]4O[C@@H]4O[C@H](CO)[C@@H](O)[C@H](O)[C@H]4NC(C)=O)[C@@H](O)[C@H](O[C@H]4O[C@H](CO)[C@@H](O[C@@H]5O[C@H](CO)[C@@H](O)[C@H](O)[C@H]5NC(C)=O)[C@H](O)[C@@H]4O[C@@H]4O[C@H](CO)[C@@H](O)[C@H](O)[C@H]4NC(C)=O)[C@@H]3O)[C@H](O)[C@H]2NC(C)=O)[C@@H](CO[C@H]2O[C@H](C)[C@H](O)[C@H](O)[C@H]2O)O[C@H]1O. The summed E-state index contributed by atoms with van der Waals surface area (Å²) in [6.07, 6.45) is -82.2. The summed E-state index contributed by atoms with van der Waals surface area (Å²) in [6, 6.07) is -9.18. The Morgan fingerprint density at radius 1 is 0.246 bits per heavy atom. The normalized spacial score (nSPS) is 48.2. The minimum absolute atomic E-state index is 0.835. The van der Waals surface area contributed by atoms with Crippen molar-refractivity contribution < 1.29 is 222 Å². The van der Waals surface area contributed by atoms with Crippen molar-refractivity contribution in [2.45, 2.75) is 318 Å². The lowest BCUT2D eigenvalue weighted by atomic mass is 9.93. The molecule has 9 saturated heterocycles. The zero-order valence-electron chi connectivity index (χ0n) is 61.9. The highest BCUT2D eigenvalue weighted by atomic mass is 16.8. The Morgan fingerprint density at radius 2 is 0.553 bits per heavy atom. The highest BCUT2D eigenvalue weighted by Crippen LogP contribution is 2.40. The first-order valence-corrected chi connectivity index (χ1v) is 36.5. The van der Waals surface area contributed by atoms with Crippen LogP contribution in [0.15, 0.2) is 0 Å². The molecular formula is C64H107N5O45. The minimum Gasteiger partial charge on any atom is -0.394 e. The lowest BCUT2D eigenvalue weighted by Gasteiger charge is -2.52. The number of ether oxygens (including phenoxy) is 17. The molecule has 9 aliphatic rings. The van der Waals surface area contributed by atoms with Crippen molar-refractivity contribution >= 4 is 29.5 Å². The summed E-state index contributed by atoms with van der Waals surface area (Å²) in [5.74, 6) is -4.46. The van der Waals surface area contributed by atoms with E-state index in [0.717, 1.165) is 34.6 Å². The van der Waals surface area contributed by atoms with Crippen molar-refractivity contribution in [2.75, 3.05) is 52.9 Å². The fourth-order valence-corrected chi connectivity index (χ4v) is 14.7. The van der Waals surface area contributed by atoms with Gasteiger partial charge in [0, 0.05) is 34.6 Å². The van der Waals surface area contributed by atoms with Gasteiger partial charge in [0.2, 0.25) is 29.5 Å². The van der Waals surface area contributed by atoms with E-state index in [1.807, 2.05) is 0 Å². The molecule has 0 radical (unpaired) electrons. The Labute approximate surface area is 646 Å². The van der Waals surface area contributed by atoms with Crippen LogP contribution in [-0.4, -0.2) is 476 Å². The third kappa shape index (κ3) is 21.0. The average Bonchev–Trinajstić information content (AvgIpc) is 0.785. The maximum atomic E-state index is 13.2. The molecule has 0 bridgehead atoms. The molecule has 0 spiro atoms. The van der Waals surface area contributed by atoms with Crippen LogP contribution in [0.4, 0.5) is 0 Å². The number of rotatable bonds is 29. The van der Waals surface area contributed by atoms with Crippen molar-refractivity contribution in [2.24, 2.45) is 0 Å². The van der Waals surface area contributed by atoms with E-state index in [1.165, 1.54) is 6.92 Å². The van der Waals surface area contributed by atoms with Crippen LogP contribution < -0.4 is 26.6 Å². The summed E-state index contributed by atoms with van der Waals surface area (Å²) >= 11 is 0. The summed E-state index contributed by atoms with van der Waals surface area (Å²) in [5, 5.41) is 270. The number of aliphatic hydroxyl groups excluding tert-OH is 23. The minimum atomic E-state index is -2.62. The fourth-order valence-electron chi connectivity index (χ4n) is 14.7. The lowest BCUT2D eigenvalue weighted by Crippen LogP contribution is -2.71. The molecule has 658 valence electrons. The molecule has 0 aromatic carbocycles. The summed E-state index contributed by atoms with van der Waals surface area (Å²) in [7, 11) is 0. The predicted molar refractivity (Wildman–Crippen MR) is 354 cm³/mol. The van der Waals surface area contributed by atoms with Crippen LogP contribution in [0.2, 0.25) is 0 Å². The molecular weight excluding hydrogens is 1560 g/mol. The van der Waals surface area contributed by atoms with Gasteiger partial charge in [-0.2, -0.15) is 0 Å². The Balaban J connectivity index is 1.10. The second-order valence-electron chi connectivity index (χ2n) is 28.9. The van der Waals surface area contributed by atoms with Gasteiger partial charge in [-0.1, -0.05) is 0 Å². The molecule has 50 nitrogen and oxygen atoms in total. The first-order valence-electron chi connectivity index (χ1n) is 36.5. The molecule has 9 heterocycles. The highest BCUT2D eigenvalue weighted by molar-refractivity contribution is 5.75. The lowest BCUT2D eigenvalue weighted by molar-refractivity contribution is -0.403. The average molecular weight is 1670 g/mol. The molecule has 5 amide bonds. The van der Waals surface area contributed by atoms with E-state index in [1.54, 1.807) is 0 Å². The number of hydrogen-bond acceptors (Lipinski definition) is 45. The monoisotopic (exact) mass is 1670 g/mol. The standard InChI is InChI=1S/C64H107N5O45/c1-15-34(81)45(92)47(94)61(100-15)98-14-28-52(43(90)29(56(97)101-28)65-16(2)76)110-60-33(69-20(6)80)44(91)50(25(11-74)106-60)111-62-49(96)53(39(86)27(108-62)13-99-63-54(46(93)38(85)24(10-73)105-63)113-58-31(67-18(4)78)41(88)36(83)22(8-71)103-58)112-64-55(114-59-32(68-19(5)79)42(89)37(84)23(9-72)104-59)48(95)51(26(12-75)107-64)109-57-30(66-17(3)77)40(87)35(82)21(7-70)102-57/h15,21-64,70-75,81-97H,7-14H2,1-6H3,(H,65,76)(H,66,77)(H,67,78)(H,68,79)(H,69,80)/t15-,21-,22-,23-,24-,25-,26-,27-,28-,29-,30-,31-,32-,33-,34+,35-,36-,37-,38-,39-,40-,41-,42-,43-,44-,45+,46+,47-,48+,49+,50-,51-,52-,53+,54+,55+,56-,57+,58+,59+,60+,61+,62+,63+,64-/m1/s1. The van der Waals surface area contributed by atoms with E-state index < -0.39 is 358 Å². The Kier molecular flexibility index (Phi) is 33.6. The van der Waals surface area contributed by atoms with Gasteiger partial charge in [-0.3, -0.25) is 24.0 Å². The number of aliphatic hydroxyl groups is 23. The van der Waals surface area contributed by atoms with Gasteiger partial charge < -0.3 is 225 Å². The van der Waals surface area contributed by atoms with Crippen LogP contribution in [-0.2, 0) is 104 Å². The third-order valence-corrected chi connectivity index (χ3v) is 20.7. The molecule has 0 unspecified atom stereocenters. The summed E-state index contributed by atoms with van der Waals surface area (Å²) < 4.78 is 102. The van der Waals surface area contributed by atoms with Crippen molar-refractivity contribution in [3.63, 3.8) is 0 Å². The van der Waals surface area contributed by atoms with Gasteiger partial charge in [-0.15, -0.1) is 0 Å². The Morgan fingerprint density at radius 3 is 0.982 bits per heavy atom. The molecule has 0 aromatic rings. The second-order valence-corrected chi connectivity index (χ2v) is 28.9. The number of carbonyl (C=O) groups is 5. The van der Waals surface area contributed by atoms with Gasteiger partial charge in [0.1, 0.15) is 213 Å². The number of amides is 5. The maximum absolute atomic E-state index is 13.2. The molecule has 114 heavy (non-hydrogen) atoms. The van der Waals surface area contributed by atoms with E-state index in [9.17, 15) is 141 Å². The molecule has 50 heteroatoms.